The number of thiophene rings is 1. The Balaban J connectivity index is 1.47. The van der Waals surface area contributed by atoms with E-state index in [9.17, 15) is 9.59 Å². The lowest BCUT2D eigenvalue weighted by molar-refractivity contribution is -0.119. The first kappa shape index (κ1) is 22.9. The Morgan fingerprint density at radius 2 is 2.00 bits per heavy atom. The summed E-state index contributed by atoms with van der Waals surface area (Å²) in [5.74, 6) is 0.963. The Morgan fingerprint density at radius 1 is 1.21 bits per heavy atom. The number of thioether (sulfide) groups is 1. The molecule has 0 saturated heterocycles. The minimum absolute atomic E-state index is 0.0147. The van der Waals surface area contributed by atoms with Gasteiger partial charge >= 0.3 is 0 Å². The van der Waals surface area contributed by atoms with Crippen molar-refractivity contribution in [1.29, 1.82) is 0 Å². The predicted octanol–water partition coefficient (Wildman–Crippen LogP) is 4.60. The van der Waals surface area contributed by atoms with Gasteiger partial charge in [-0.3, -0.25) is 14.2 Å². The molecule has 0 atom stereocenters. The third-order valence-corrected chi connectivity index (χ3v) is 8.19. The fraction of sp³-hybridized carbons (Fsp3) is 0.360. The summed E-state index contributed by atoms with van der Waals surface area (Å²) in [5, 5.41) is 4.55. The molecule has 1 N–H and O–H groups in total. The SMILES string of the molecule is COc1ccc(Cn2c(SCC(=O)NC3CCCCC3)nc3c(sc4ncccc43)c2=O)cc1. The molecule has 7 nitrogen and oxygen atoms in total. The van der Waals surface area contributed by atoms with Crippen molar-refractivity contribution in [1.82, 2.24) is 19.9 Å². The van der Waals surface area contributed by atoms with Crippen LogP contribution in [-0.2, 0) is 11.3 Å². The number of pyridine rings is 1. The number of methoxy groups -OCH3 is 1. The van der Waals surface area contributed by atoms with E-state index in [0.717, 1.165) is 47.2 Å². The van der Waals surface area contributed by atoms with Gasteiger partial charge in [-0.15, -0.1) is 11.3 Å². The van der Waals surface area contributed by atoms with E-state index >= 15 is 0 Å². The van der Waals surface area contributed by atoms with Crippen LogP contribution in [0.2, 0.25) is 0 Å². The number of amides is 1. The summed E-state index contributed by atoms with van der Waals surface area (Å²) in [7, 11) is 1.62. The molecule has 1 aromatic carbocycles. The van der Waals surface area contributed by atoms with Gasteiger partial charge in [0.15, 0.2) is 5.16 Å². The molecule has 0 spiro atoms. The van der Waals surface area contributed by atoms with E-state index < -0.39 is 0 Å². The van der Waals surface area contributed by atoms with E-state index in [2.05, 4.69) is 10.3 Å². The normalized spacial score (nSPS) is 14.5. The van der Waals surface area contributed by atoms with Gasteiger partial charge in [0.2, 0.25) is 5.91 Å². The molecule has 0 aliphatic heterocycles. The van der Waals surface area contributed by atoms with Crippen molar-refractivity contribution in [2.45, 2.75) is 49.8 Å². The summed E-state index contributed by atoms with van der Waals surface area (Å²) in [6.07, 6.45) is 7.37. The van der Waals surface area contributed by atoms with Crippen LogP contribution >= 0.6 is 23.1 Å². The van der Waals surface area contributed by atoms with Gasteiger partial charge in [0, 0.05) is 17.6 Å². The average molecular weight is 495 g/mol. The second-order valence-corrected chi connectivity index (χ2v) is 10.4. The predicted molar refractivity (Wildman–Crippen MR) is 137 cm³/mol. The molecule has 0 radical (unpaired) electrons. The van der Waals surface area contributed by atoms with E-state index in [-0.39, 0.29) is 23.3 Å². The third-order valence-electron chi connectivity index (χ3n) is 6.12. The molecule has 1 fully saturated rings. The van der Waals surface area contributed by atoms with Gasteiger partial charge in [0.05, 0.1) is 24.9 Å². The molecule has 1 amide bonds. The van der Waals surface area contributed by atoms with Crippen molar-refractivity contribution in [3.8, 4) is 5.75 Å². The van der Waals surface area contributed by atoms with Crippen LogP contribution in [0.4, 0.5) is 0 Å². The van der Waals surface area contributed by atoms with Crippen LogP contribution in [-0.4, -0.2) is 39.3 Å². The standard InChI is InChI=1S/C25H26N4O3S2/c1-32-18-11-9-16(10-12-18)14-29-24(31)22-21(19-8-5-13-26-23(19)34-22)28-25(29)33-15-20(30)27-17-6-3-2-4-7-17/h5,8-13,17H,2-4,6-7,14-15H2,1H3,(H,27,30). The number of benzene rings is 1. The molecule has 3 heterocycles. The molecule has 1 aliphatic rings. The largest absolute Gasteiger partial charge is 0.497 e. The number of ether oxygens (including phenoxy) is 1. The van der Waals surface area contributed by atoms with Gasteiger partial charge in [-0.05, 0) is 42.7 Å². The molecule has 0 bridgehead atoms. The van der Waals surface area contributed by atoms with Crippen LogP contribution < -0.4 is 15.6 Å². The molecule has 176 valence electrons. The summed E-state index contributed by atoms with van der Waals surface area (Å²) in [5.41, 5.74) is 1.50. The van der Waals surface area contributed by atoms with Crippen LogP contribution in [0.15, 0.2) is 52.5 Å². The lowest BCUT2D eigenvalue weighted by Crippen LogP contribution is -2.37. The molecule has 5 rings (SSSR count). The number of aromatic nitrogens is 3. The Morgan fingerprint density at radius 3 is 2.76 bits per heavy atom. The van der Waals surface area contributed by atoms with Crippen molar-refractivity contribution in [3.05, 3.63) is 58.5 Å². The number of nitrogens with one attached hydrogen (secondary N) is 1. The number of hydrogen-bond acceptors (Lipinski definition) is 7. The second kappa shape index (κ2) is 10.1. The fourth-order valence-corrected chi connectivity index (χ4v) is 6.18. The van der Waals surface area contributed by atoms with Crippen molar-refractivity contribution < 1.29 is 9.53 Å². The molecular formula is C25H26N4O3S2. The minimum Gasteiger partial charge on any atom is -0.497 e. The van der Waals surface area contributed by atoms with Crippen LogP contribution in [0, 0.1) is 0 Å². The van der Waals surface area contributed by atoms with Crippen LogP contribution in [0.3, 0.4) is 0 Å². The van der Waals surface area contributed by atoms with E-state index in [4.69, 9.17) is 9.72 Å². The number of fused-ring (bicyclic) bond motifs is 3. The maximum absolute atomic E-state index is 13.6. The van der Waals surface area contributed by atoms with Crippen molar-refractivity contribution in [3.63, 3.8) is 0 Å². The molecule has 9 heteroatoms. The summed E-state index contributed by atoms with van der Waals surface area (Å²) in [4.78, 5) is 36.3. The molecule has 0 unspecified atom stereocenters. The van der Waals surface area contributed by atoms with E-state index in [0.29, 0.717) is 21.9 Å². The quantitative estimate of drug-likeness (QED) is 0.298. The van der Waals surface area contributed by atoms with E-state index in [1.807, 2.05) is 36.4 Å². The Hall–Kier alpha value is -2.91. The topological polar surface area (TPSA) is 86.1 Å². The van der Waals surface area contributed by atoms with Crippen LogP contribution in [0.25, 0.3) is 20.4 Å². The molecule has 34 heavy (non-hydrogen) atoms. The van der Waals surface area contributed by atoms with Crippen molar-refractivity contribution in [2.24, 2.45) is 0 Å². The van der Waals surface area contributed by atoms with Gasteiger partial charge < -0.3 is 10.1 Å². The van der Waals surface area contributed by atoms with Gasteiger partial charge in [-0.2, -0.15) is 0 Å². The average Bonchev–Trinajstić information content (AvgIpc) is 3.24. The number of nitrogens with zero attached hydrogens (tertiary/aromatic N) is 3. The van der Waals surface area contributed by atoms with Crippen molar-refractivity contribution >= 4 is 49.4 Å². The van der Waals surface area contributed by atoms with Gasteiger partial charge in [0.25, 0.3) is 5.56 Å². The lowest BCUT2D eigenvalue weighted by Gasteiger charge is -2.22. The lowest BCUT2D eigenvalue weighted by atomic mass is 9.95. The van der Waals surface area contributed by atoms with E-state index in [1.165, 1.54) is 29.5 Å². The summed E-state index contributed by atoms with van der Waals surface area (Å²) in [6.45, 7) is 0.361. The summed E-state index contributed by atoms with van der Waals surface area (Å²) < 4.78 is 7.50. The minimum atomic E-state index is -0.112. The number of hydrogen-bond donors (Lipinski definition) is 1. The highest BCUT2D eigenvalue weighted by atomic mass is 32.2. The van der Waals surface area contributed by atoms with Crippen LogP contribution in [0.5, 0.6) is 5.75 Å². The zero-order valence-corrected chi connectivity index (χ0v) is 20.6. The molecule has 1 saturated carbocycles. The molecule has 3 aromatic heterocycles. The molecular weight excluding hydrogens is 468 g/mol. The van der Waals surface area contributed by atoms with E-state index in [1.54, 1.807) is 17.9 Å². The van der Waals surface area contributed by atoms with Gasteiger partial charge in [0.1, 0.15) is 15.3 Å². The summed E-state index contributed by atoms with van der Waals surface area (Å²) in [6, 6.07) is 11.7. The number of carbonyl (C=O) groups is 1. The first-order chi connectivity index (χ1) is 16.6. The zero-order valence-electron chi connectivity index (χ0n) is 19.0. The van der Waals surface area contributed by atoms with Gasteiger partial charge in [-0.25, -0.2) is 9.97 Å². The Bertz CT molecular complexity index is 1370. The maximum atomic E-state index is 13.6. The molecule has 1 aliphatic carbocycles. The Kier molecular flexibility index (Phi) is 6.82. The first-order valence-electron chi connectivity index (χ1n) is 11.5. The zero-order chi connectivity index (χ0) is 23.5. The smallest absolute Gasteiger partial charge is 0.272 e. The second-order valence-electron chi connectivity index (χ2n) is 8.46. The third kappa shape index (κ3) is 4.81. The summed E-state index contributed by atoms with van der Waals surface area (Å²) >= 11 is 2.67. The first-order valence-corrected chi connectivity index (χ1v) is 13.3. The highest BCUT2D eigenvalue weighted by molar-refractivity contribution is 7.99. The number of rotatable bonds is 7. The monoisotopic (exact) mass is 494 g/mol. The number of carbonyl (C=O) groups excluding carboxylic acids is 1. The van der Waals surface area contributed by atoms with Gasteiger partial charge in [-0.1, -0.05) is 43.2 Å². The Labute approximate surface area is 205 Å². The molecule has 4 aromatic rings. The van der Waals surface area contributed by atoms with Crippen LogP contribution in [0.1, 0.15) is 37.7 Å². The highest BCUT2D eigenvalue weighted by Crippen LogP contribution is 2.31. The highest BCUT2D eigenvalue weighted by Gasteiger charge is 2.20. The van der Waals surface area contributed by atoms with Crippen molar-refractivity contribution in [2.75, 3.05) is 12.9 Å². The fourth-order valence-electron chi connectivity index (χ4n) is 4.35. The maximum Gasteiger partial charge on any atom is 0.272 e.